The molecule has 14 heavy (non-hydrogen) atoms. The Labute approximate surface area is 89.1 Å². The lowest BCUT2D eigenvalue weighted by atomic mass is 10.00. The van der Waals surface area contributed by atoms with Crippen LogP contribution in [0.2, 0.25) is 0 Å². The minimum atomic E-state index is 0.734. The van der Waals surface area contributed by atoms with E-state index in [1.54, 1.807) is 0 Å². The van der Waals surface area contributed by atoms with Crippen molar-refractivity contribution in [3.63, 3.8) is 0 Å². The van der Waals surface area contributed by atoms with E-state index in [2.05, 4.69) is 31.1 Å². The summed E-state index contributed by atoms with van der Waals surface area (Å²) in [6.07, 6.45) is 5.38. The van der Waals surface area contributed by atoms with Crippen molar-refractivity contribution >= 4 is 0 Å². The van der Waals surface area contributed by atoms with Gasteiger partial charge in [0.2, 0.25) is 0 Å². The SMILES string of the molecule is CCC(CC)CN1CCCC(NC)C1. The fourth-order valence-electron chi connectivity index (χ4n) is 2.37. The highest BCUT2D eigenvalue weighted by Gasteiger charge is 2.19. The molecule has 0 radical (unpaired) electrons. The van der Waals surface area contributed by atoms with Crippen LogP contribution in [0.15, 0.2) is 0 Å². The molecule has 0 aliphatic carbocycles. The van der Waals surface area contributed by atoms with E-state index in [1.807, 2.05) is 0 Å². The molecule has 1 aliphatic rings. The second kappa shape index (κ2) is 6.41. The highest BCUT2D eigenvalue weighted by molar-refractivity contribution is 4.78. The van der Waals surface area contributed by atoms with E-state index in [9.17, 15) is 0 Å². The molecule has 1 aliphatic heterocycles. The van der Waals surface area contributed by atoms with E-state index in [-0.39, 0.29) is 0 Å². The third kappa shape index (κ3) is 3.58. The Morgan fingerprint density at radius 1 is 1.36 bits per heavy atom. The average Bonchev–Trinajstić information content (AvgIpc) is 2.26. The Morgan fingerprint density at radius 3 is 2.64 bits per heavy atom. The van der Waals surface area contributed by atoms with Gasteiger partial charge in [-0.1, -0.05) is 26.7 Å². The van der Waals surface area contributed by atoms with E-state index < -0.39 is 0 Å². The zero-order chi connectivity index (χ0) is 10.4. The Morgan fingerprint density at radius 2 is 2.07 bits per heavy atom. The Hall–Kier alpha value is -0.0800. The molecule has 1 unspecified atom stereocenters. The zero-order valence-electron chi connectivity index (χ0n) is 10.1. The topological polar surface area (TPSA) is 15.3 Å². The van der Waals surface area contributed by atoms with Gasteiger partial charge in [-0.05, 0) is 32.4 Å². The van der Waals surface area contributed by atoms with Crippen molar-refractivity contribution < 1.29 is 0 Å². The minimum Gasteiger partial charge on any atom is -0.316 e. The number of hydrogen-bond acceptors (Lipinski definition) is 2. The van der Waals surface area contributed by atoms with Gasteiger partial charge in [0.1, 0.15) is 0 Å². The first-order chi connectivity index (χ1) is 6.80. The summed E-state index contributed by atoms with van der Waals surface area (Å²) in [7, 11) is 2.09. The molecule has 0 saturated carbocycles. The van der Waals surface area contributed by atoms with E-state index in [0.29, 0.717) is 0 Å². The van der Waals surface area contributed by atoms with E-state index in [0.717, 1.165) is 12.0 Å². The first-order valence-corrected chi connectivity index (χ1v) is 6.19. The van der Waals surface area contributed by atoms with Gasteiger partial charge in [0, 0.05) is 19.1 Å². The van der Waals surface area contributed by atoms with Gasteiger partial charge < -0.3 is 10.2 Å². The van der Waals surface area contributed by atoms with Crippen LogP contribution in [-0.4, -0.2) is 37.6 Å². The Bertz CT molecular complexity index is 143. The second-order valence-electron chi connectivity index (χ2n) is 4.57. The molecule has 2 nitrogen and oxygen atoms in total. The molecule has 1 fully saturated rings. The van der Waals surface area contributed by atoms with Crippen LogP contribution in [0.25, 0.3) is 0 Å². The summed E-state index contributed by atoms with van der Waals surface area (Å²) in [6, 6.07) is 0.734. The summed E-state index contributed by atoms with van der Waals surface area (Å²) in [5.74, 6) is 0.908. The molecule has 1 N–H and O–H groups in total. The molecule has 1 heterocycles. The summed E-state index contributed by atoms with van der Waals surface area (Å²) in [5.41, 5.74) is 0. The number of likely N-dealkylation sites (tertiary alicyclic amines) is 1. The van der Waals surface area contributed by atoms with Gasteiger partial charge in [0.25, 0.3) is 0 Å². The van der Waals surface area contributed by atoms with Gasteiger partial charge in [-0.2, -0.15) is 0 Å². The molecule has 2 heteroatoms. The lowest BCUT2D eigenvalue weighted by Gasteiger charge is -2.34. The summed E-state index contributed by atoms with van der Waals surface area (Å²) < 4.78 is 0. The van der Waals surface area contributed by atoms with Crippen LogP contribution in [0.4, 0.5) is 0 Å². The normalized spacial score (nSPS) is 24.4. The van der Waals surface area contributed by atoms with Crippen LogP contribution in [-0.2, 0) is 0 Å². The quantitative estimate of drug-likeness (QED) is 0.728. The number of nitrogens with one attached hydrogen (secondary N) is 1. The lowest BCUT2D eigenvalue weighted by Crippen LogP contribution is -2.45. The predicted molar refractivity (Wildman–Crippen MR) is 62.6 cm³/mol. The number of hydrogen-bond donors (Lipinski definition) is 1. The van der Waals surface area contributed by atoms with Crippen molar-refractivity contribution in [2.24, 2.45) is 5.92 Å². The first-order valence-electron chi connectivity index (χ1n) is 6.19. The summed E-state index contributed by atoms with van der Waals surface area (Å²) in [4.78, 5) is 2.64. The second-order valence-corrected chi connectivity index (χ2v) is 4.57. The van der Waals surface area contributed by atoms with Gasteiger partial charge in [-0.25, -0.2) is 0 Å². The van der Waals surface area contributed by atoms with E-state index >= 15 is 0 Å². The standard InChI is InChI=1S/C12H26N2/c1-4-11(5-2)9-14-8-6-7-12(10-14)13-3/h11-13H,4-10H2,1-3H3. The van der Waals surface area contributed by atoms with Crippen LogP contribution in [0.1, 0.15) is 39.5 Å². The average molecular weight is 198 g/mol. The number of likely N-dealkylation sites (N-methyl/N-ethyl adjacent to an activating group) is 1. The number of piperidine rings is 1. The molecule has 0 aromatic rings. The van der Waals surface area contributed by atoms with Gasteiger partial charge in [0.15, 0.2) is 0 Å². The molecule has 0 bridgehead atoms. The van der Waals surface area contributed by atoms with Gasteiger partial charge >= 0.3 is 0 Å². The maximum Gasteiger partial charge on any atom is 0.0192 e. The van der Waals surface area contributed by atoms with Crippen LogP contribution in [0, 0.1) is 5.92 Å². The van der Waals surface area contributed by atoms with Crippen molar-refractivity contribution in [1.29, 1.82) is 0 Å². The van der Waals surface area contributed by atoms with E-state index in [4.69, 9.17) is 0 Å². The van der Waals surface area contributed by atoms with Crippen LogP contribution in [0.3, 0.4) is 0 Å². The fraction of sp³-hybridized carbons (Fsp3) is 1.00. The molecule has 0 amide bonds. The molecule has 1 saturated heterocycles. The monoisotopic (exact) mass is 198 g/mol. The third-order valence-electron chi connectivity index (χ3n) is 3.58. The Kier molecular flexibility index (Phi) is 5.49. The summed E-state index contributed by atoms with van der Waals surface area (Å²) >= 11 is 0. The van der Waals surface area contributed by atoms with Crippen molar-refractivity contribution in [2.45, 2.75) is 45.6 Å². The largest absolute Gasteiger partial charge is 0.316 e. The van der Waals surface area contributed by atoms with Gasteiger partial charge in [-0.3, -0.25) is 0 Å². The van der Waals surface area contributed by atoms with Crippen molar-refractivity contribution in [3.05, 3.63) is 0 Å². The summed E-state index contributed by atoms with van der Waals surface area (Å²) in [5, 5.41) is 3.40. The van der Waals surface area contributed by atoms with E-state index in [1.165, 1.54) is 45.3 Å². The lowest BCUT2D eigenvalue weighted by molar-refractivity contribution is 0.165. The third-order valence-corrected chi connectivity index (χ3v) is 3.58. The summed E-state index contributed by atoms with van der Waals surface area (Å²) in [6.45, 7) is 8.51. The maximum atomic E-state index is 3.40. The zero-order valence-corrected chi connectivity index (χ0v) is 10.1. The molecule has 0 aromatic carbocycles. The van der Waals surface area contributed by atoms with Crippen LogP contribution in [0.5, 0.6) is 0 Å². The maximum absolute atomic E-state index is 3.40. The smallest absolute Gasteiger partial charge is 0.0192 e. The fourth-order valence-corrected chi connectivity index (χ4v) is 2.37. The molecular weight excluding hydrogens is 172 g/mol. The van der Waals surface area contributed by atoms with Gasteiger partial charge in [0.05, 0.1) is 0 Å². The minimum absolute atomic E-state index is 0.734. The van der Waals surface area contributed by atoms with Crippen molar-refractivity contribution in [1.82, 2.24) is 10.2 Å². The molecule has 1 atom stereocenters. The van der Waals surface area contributed by atoms with Crippen molar-refractivity contribution in [2.75, 3.05) is 26.7 Å². The molecule has 0 spiro atoms. The van der Waals surface area contributed by atoms with Crippen LogP contribution < -0.4 is 5.32 Å². The predicted octanol–water partition coefficient (Wildman–Crippen LogP) is 2.11. The molecule has 1 rings (SSSR count). The molecule has 84 valence electrons. The number of nitrogens with zero attached hydrogens (tertiary/aromatic N) is 1. The first kappa shape index (κ1) is 12.0. The molecular formula is C12H26N2. The molecule has 0 aromatic heterocycles. The highest BCUT2D eigenvalue weighted by Crippen LogP contribution is 2.15. The van der Waals surface area contributed by atoms with Crippen molar-refractivity contribution in [3.8, 4) is 0 Å². The van der Waals surface area contributed by atoms with Gasteiger partial charge in [-0.15, -0.1) is 0 Å². The highest BCUT2D eigenvalue weighted by atomic mass is 15.2. The van der Waals surface area contributed by atoms with Crippen LogP contribution >= 0.6 is 0 Å². The Balaban J connectivity index is 2.29. The number of rotatable bonds is 5.